The Labute approximate surface area is 146 Å². The van der Waals surface area contributed by atoms with E-state index in [1.54, 1.807) is 6.92 Å². The van der Waals surface area contributed by atoms with E-state index in [0.29, 0.717) is 22.9 Å². The third kappa shape index (κ3) is 5.19. The standard InChI is InChI=1S/C17H22ClNO5/c1-11(24-10-13-5-3-4-8-23-13)16(20)19-15-9-12(17(21)22-2)6-7-14(15)18/h6-7,9,11,13H,3-5,8,10H2,1-2H3,(H,19,20). The number of hydrogen-bond donors (Lipinski definition) is 1. The molecule has 2 atom stereocenters. The van der Waals surface area contributed by atoms with Crippen LogP contribution in [0.5, 0.6) is 0 Å². The van der Waals surface area contributed by atoms with E-state index in [1.165, 1.54) is 25.3 Å². The van der Waals surface area contributed by atoms with Gasteiger partial charge in [-0.25, -0.2) is 4.79 Å². The van der Waals surface area contributed by atoms with Crippen LogP contribution in [0, 0.1) is 0 Å². The van der Waals surface area contributed by atoms with Crippen LogP contribution in [-0.4, -0.2) is 44.4 Å². The van der Waals surface area contributed by atoms with Crippen LogP contribution in [0.1, 0.15) is 36.5 Å². The lowest BCUT2D eigenvalue weighted by Crippen LogP contribution is -2.32. The number of carbonyl (C=O) groups is 2. The minimum Gasteiger partial charge on any atom is -0.465 e. The average molecular weight is 356 g/mol. The number of anilines is 1. The summed E-state index contributed by atoms with van der Waals surface area (Å²) in [6.07, 6.45) is 2.52. The van der Waals surface area contributed by atoms with Crippen molar-refractivity contribution in [3.63, 3.8) is 0 Å². The summed E-state index contributed by atoms with van der Waals surface area (Å²) in [6.45, 7) is 2.78. The number of esters is 1. The van der Waals surface area contributed by atoms with Gasteiger partial charge in [0.05, 0.1) is 36.1 Å². The molecular weight excluding hydrogens is 334 g/mol. The molecule has 0 aromatic heterocycles. The molecule has 1 N–H and O–H groups in total. The molecule has 6 nitrogen and oxygen atoms in total. The second-order valence-corrected chi connectivity index (χ2v) is 6.05. The van der Waals surface area contributed by atoms with Crippen LogP contribution in [0.3, 0.4) is 0 Å². The highest BCUT2D eigenvalue weighted by Gasteiger charge is 2.20. The van der Waals surface area contributed by atoms with Crippen LogP contribution in [0.4, 0.5) is 5.69 Å². The number of rotatable bonds is 6. The lowest BCUT2D eigenvalue weighted by atomic mass is 10.1. The lowest BCUT2D eigenvalue weighted by molar-refractivity contribution is -0.130. The van der Waals surface area contributed by atoms with Crippen LogP contribution in [0.15, 0.2) is 18.2 Å². The Morgan fingerprint density at radius 1 is 1.42 bits per heavy atom. The van der Waals surface area contributed by atoms with Gasteiger partial charge < -0.3 is 19.5 Å². The Hall–Kier alpha value is -1.63. The largest absolute Gasteiger partial charge is 0.465 e. The molecular formula is C17H22ClNO5. The zero-order valence-electron chi connectivity index (χ0n) is 13.8. The van der Waals surface area contributed by atoms with Crippen molar-refractivity contribution in [3.05, 3.63) is 28.8 Å². The normalized spacial score (nSPS) is 18.7. The number of amides is 1. The summed E-state index contributed by atoms with van der Waals surface area (Å²) < 4.78 is 15.8. The predicted molar refractivity (Wildman–Crippen MR) is 90.4 cm³/mol. The van der Waals surface area contributed by atoms with Crippen LogP contribution < -0.4 is 5.32 Å². The van der Waals surface area contributed by atoms with E-state index in [2.05, 4.69) is 10.1 Å². The van der Waals surface area contributed by atoms with Crippen LogP contribution in [0.25, 0.3) is 0 Å². The summed E-state index contributed by atoms with van der Waals surface area (Å²) in [5, 5.41) is 3.00. The maximum atomic E-state index is 12.2. The Balaban J connectivity index is 1.91. The lowest BCUT2D eigenvalue weighted by Gasteiger charge is -2.24. The molecule has 1 aliphatic heterocycles. The SMILES string of the molecule is COC(=O)c1ccc(Cl)c(NC(=O)C(C)OCC2CCCCO2)c1. The fraction of sp³-hybridized carbons (Fsp3) is 0.529. The topological polar surface area (TPSA) is 73.9 Å². The number of methoxy groups -OCH3 is 1. The molecule has 1 aliphatic rings. The van der Waals surface area contributed by atoms with Gasteiger partial charge in [0.25, 0.3) is 5.91 Å². The molecule has 1 saturated heterocycles. The molecule has 1 aromatic carbocycles. The van der Waals surface area contributed by atoms with Crippen LogP contribution in [0.2, 0.25) is 5.02 Å². The number of benzene rings is 1. The number of nitrogens with one attached hydrogen (secondary N) is 1. The monoisotopic (exact) mass is 355 g/mol. The summed E-state index contributed by atoms with van der Waals surface area (Å²) in [7, 11) is 1.29. The van der Waals surface area contributed by atoms with E-state index in [9.17, 15) is 9.59 Å². The first kappa shape index (κ1) is 18.7. The first-order chi connectivity index (χ1) is 11.5. The molecule has 0 spiro atoms. The van der Waals surface area contributed by atoms with E-state index in [4.69, 9.17) is 21.1 Å². The van der Waals surface area contributed by atoms with Gasteiger partial charge in [0.1, 0.15) is 6.10 Å². The van der Waals surface area contributed by atoms with Crippen molar-refractivity contribution in [1.82, 2.24) is 0 Å². The molecule has 2 unspecified atom stereocenters. The van der Waals surface area contributed by atoms with Crippen molar-refractivity contribution in [2.24, 2.45) is 0 Å². The average Bonchev–Trinajstić information content (AvgIpc) is 2.61. The molecule has 1 amide bonds. The summed E-state index contributed by atoms with van der Waals surface area (Å²) in [4.78, 5) is 23.8. The van der Waals surface area contributed by atoms with Gasteiger partial charge in [0, 0.05) is 6.61 Å². The van der Waals surface area contributed by atoms with E-state index in [0.717, 1.165) is 25.9 Å². The van der Waals surface area contributed by atoms with Gasteiger partial charge in [0.2, 0.25) is 0 Å². The van der Waals surface area contributed by atoms with Gasteiger partial charge in [-0.1, -0.05) is 11.6 Å². The van der Waals surface area contributed by atoms with Gasteiger partial charge in [-0.3, -0.25) is 4.79 Å². The fourth-order valence-electron chi connectivity index (χ4n) is 2.37. The van der Waals surface area contributed by atoms with Gasteiger partial charge in [-0.15, -0.1) is 0 Å². The summed E-state index contributed by atoms with van der Waals surface area (Å²) >= 11 is 6.06. The first-order valence-electron chi connectivity index (χ1n) is 7.93. The first-order valence-corrected chi connectivity index (χ1v) is 8.31. The third-order valence-electron chi connectivity index (χ3n) is 3.82. The molecule has 0 saturated carbocycles. The zero-order valence-corrected chi connectivity index (χ0v) is 14.6. The van der Waals surface area contributed by atoms with Gasteiger partial charge in [0.15, 0.2) is 0 Å². The second kappa shape index (κ2) is 9.01. The highest BCUT2D eigenvalue weighted by molar-refractivity contribution is 6.33. The highest BCUT2D eigenvalue weighted by atomic mass is 35.5. The van der Waals surface area contributed by atoms with E-state index < -0.39 is 12.1 Å². The van der Waals surface area contributed by atoms with Crippen molar-refractivity contribution >= 4 is 29.2 Å². The Morgan fingerprint density at radius 2 is 2.21 bits per heavy atom. The van der Waals surface area contributed by atoms with Gasteiger partial charge in [-0.2, -0.15) is 0 Å². The van der Waals surface area contributed by atoms with Crippen molar-refractivity contribution in [2.45, 2.75) is 38.4 Å². The van der Waals surface area contributed by atoms with E-state index in [1.807, 2.05) is 0 Å². The molecule has 1 aromatic rings. The minimum atomic E-state index is -0.659. The van der Waals surface area contributed by atoms with E-state index >= 15 is 0 Å². The number of hydrogen-bond acceptors (Lipinski definition) is 5. The Kier molecular flexibility index (Phi) is 7.02. The van der Waals surface area contributed by atoms with E-state index in [-0.39, 0.29) is 12.0 Å². The maximum Gasteiger partial charge on any atom is 0.337 e. The number of halogens is 1. The van der Waals surface area contributed by atoms with Crippen molar-refractivity contribution < 1.29 is 23.8 Å². The summed E-state index contributed by atoms with van der Waals surface area (Å²) in [5.74, 6) is -0.837. The third-order valence-corrected chi connectivity index (χ3v) is 4.15. The van der Waals surface area contributed by atoms with Crippen molar-refractivity contribution in [3.8, 4) is 0 Å². The Bertz CT molecular complexity index is 586. The highest BCUT2D eigenvalue weighted by Crippen LogP contribution is 2.24. The number of carbonyl (C=O) groups excluding carboxylic acids is 2. The van der Waals surface area contributed by atoms with Crippen molar-refractivity contribution in [1.29, 1.82) is 0 Å². The second-order valence-electron chi connectivity index (χ2n) is 5.64. The molecule has 0 radical (unpaired) electrons. The van der Waals surface area contributed by atoms with Gasteiger partial charge >= 0.3 is 5.97 Å². The quantitative estimate of drug-likeness (QED) is 0.794. The minimum absolute atomic E-state index is 0.0419. The molecule has 1 heterocycles. The predicted octanol–water partition coefficient (Wildman–Crippen LogP) is 3.04. The number of ether oxygens (including phenoxy) is 3. The van der Waals surface area contributed by atoms with Crippen LogP contribution >= 0.6 is 11.6 Å². The molecule has 132 valence electrons. The summed E-state index contributed by atoms with van der Waals surface area (Å²) in [5.41, 5.74) is 0.648. The summed E-state index contributed by atoms with van der Waals surface area (Å²) in [6, 6.07) is 4.54. The molecule has 2 rings (SSSR count). The molecule has 7 heteroatoms. The fourth-order valence-corrected chi connectivity index (χ4v) is 2.53. The Morgan fingerprint density at radius 3 is 2.88 bits per heavy atom. The molecule has 0 aliphatic carbocycles. The molecule has 24 heavy (non-hydrogen) atoms. The smallest absolute Gasteiger partial charge is 0.337 e. The molecule has 1 fully saturated rings. The maximum absolute atomic E-state index is 12.2. The zero-order chi connectivity index (χ0) is 17.5. The van der Waals surface area contributed by atoms with Crippen molar-refractivity contribution in [2.75, 3.05) is 25.6 Å². The molecule has 0 bridgehead atoms. The van der Waals surface area contributed by atoms with Crippen LogP contribution in [-0.2, 0) is 19.0 Å². The van der Waals surface area contributed by atoms with Gasteiger partial charge in [-0.05, 0) is 44.4 Å².